The average molecular weight is 374 g/mol. The van der Waals surface area contributed by atoms with Crippen LogP contribution in [0.3, 0.4) is 0 Å². The van der Waals surface area contributed by atoms with Crippen molar-refractivity contribution in [2.24, 2.45) is 0 Å². The standard InChI is InChI=1S/C19H22N2O6/c1-21(9-16(22)20-12-7-8-12)17(23)11-26-19(24)18-14(10-25-2)13-5-3-4-6-15(13)27-18/h3-6,12H,7-11H2,1-2H3,(H,20,22). The number of hydrogen-bond acceptors (Lipinski definition) is 6. The van der Waals surface area contributed by atoms with Crippen LogP contribution in [0.1, 0.15) is 29.0 Å². The van der Waals surface area contributed by atoms with Crippen LogP contribution in [0, 0.1) is 0 Å². The quantitative estimate of drug-likeness (QED) is 0.703. The van der Waals surface area contributed by atoms with Gasteiger partial charge < -0.3 is 24.1 Å². The van der Waals surface area contributed by atoms with Crippen LogP contribution in [0.2, 0.25) is 0 Å². The van der Waals surface area contributed by atoms with E-state index in [1.807, 2.05) is 12.1 Å². The highest BCUT2D eigenvalue weighted by Gasteiger charge is 2.25. The molecule has 3 rings (SSSR count). The van der Waals surface area contributed by atoms with Crippen LogP contribution in [-0.2, 0) is 25.7 Å². The number of carbonyl (C=O) groups is 3. The van der Waals surface area contributed by atoms with Gasteiger partial charge in [-0.05, 0) is 18.9 Å². The van der Waals surface area contributed by atoms with E-state index < -0.39 is 18.5 Å². The van der Waals surface area contributed by atoms with E-state index in [1.165, 1.54) is 19.1 Å². The summed E-state index contributed by atoms with van der Waals surface area (Å²) in [6, 6.07) is 7.41. The number of amides is 2. The zero-order valence-electron chi connectivity index (χ0n) is 15.3. The fourth-order valence-corrected chi connectivity index (χ4v) is 2.66. The summed E-state index contributed by atoms with van der Waals surface area (Å²) in [5.41, 5.74) is 1.11. The van der Waals surface area contributed by atoms with Crippen molar-refractivity contribution in [1.82, 2.24) is 10.2 Å². The zero-order chi connectivity index (χ0) is 19.4. The largest absolute Gasteiger partial charge is 0.450 e. The van der Waals surface area contributed by atoms with Crippen molar-refractivity contribution in [1.29, 1.82) is 0 Å². The molecule has 1 aliphatic rings. The van der Waals surface area contributed by atoms with Gasteiger partial charge >= 0.3 is 5.97 Å². The van der Waals surface area contributed by atoms with Gasteiger partial charge in [0.15, 0.2) is 6.61 Å². The monoisotopic (exact) mass is 374 g/mol. The van der Waals surface area contributed by atoms with E-state index in [9.17, 15) is 14.4 Å². The molecule has 1 N–H and O–H groups in total. The lowest BCUT2D eigenvalue weighted by molar-refractivity contribution is -0.137. The predicted octanol–water partition coefficient (Wildman–Crippen LogP) is 1.47. The molecule has 8 heteroatoms. The van der Waals surface area contributed by atoms with Crippen LogP contribution in [0.4, 0.5) is 0 Å². The van der Waals surface area contributed by atoms with Crippen LogP contribution < -0.4 is 5.32 Å². The second-order valence-electron chi connectivity index (χ2n) is 6.51. The van der Waals surface area contributed by atoms with Crippen LogP contribution in [0.25, 0.3) is 11.0 Å². The number of nitrogens with one attached hydrogen (secondary N) is 1. The average Bonchev–Trinajstić information content (AvgIpc) is 3.38. The van der Waals surface area contributed by atoms with Gasteiger partial charge in [0.2, 0.25) is 11.7 Å². The number of nitrogens with zero attached hydrogens (tertiary/aromatic N) is 1. The summed E-state index contributed by atoms with van der Waals surface area (Å²) >= 11 is 0. The molecule has 0 saturated heterocycles. The zero-order valence-corrected chi connectivity index (χ0v) is 15.3. The molecular weight excluding hydrogens is 352 g/mol. The van der Waals surface area contributed by atoms with Gasteiger partial charge in [0.1, 0.15) is 5.58 Å². The van der Waals surface area contributed by atoms with Gasteiger partial charge in [-0.3, -0.25) is 9.59 Å². The highest BCUT2D eigenvalue weighted by molar-refractivity contribution is 5.97. The number of ether oxygens (including phenoxy) is 2. The second-order valence-corrected chi connectivity index (χ2v) is 6.51. The highest BCUT2D eigenvalue weighted by atomic mass is 16.5. The maximum atomic E-state index is 12.4. The Labute approximate surface area is 156 Å². The lowest BCUT2D eigenvalue weighted by Gasteiger charge is -2.16. The summed E-state index contributed by atoms with van der Waals surface area (Å²) in [7, 11) is 3.00. The molecule has 2 amide bonds. The summed E-state index contributed by atoms with van der Waals surface area (Å²) in [4.78, 5) is 37.5. The minimum atomic E-state index is -0.748. The first-order chi connectivity index (χ1) is 13.0. The molecule has 1 fully saturated rings. The number of fused-ring (bicyclic) bond motifs is 1. The number of para-hydroxylation sites is 1. The molecule has 1 aliphatic carbocycles. The molecule has 1 aromatic carbocycles. The van der Waals surface area contributed by atoms with Crippen molar-refractivity contribution < 1.29 is 28.3 Å². The van der Waals surface area contributed by atoms with Crippen molar-refractivity contribution in [3.63, 3.8) is 0 Å². The minimum Gasteiger partial charge on any atom is -0.450 e. The molecule has 27 heavy (non-hydrogen) atoms. The number of esters is 1. The van der Waals surface area contributed by atoms with E-state index in [1.54, 1.807) is 12.1 Å². The molecule has 0 atom stereocenters. The third-order valence-electron chi connectivity index (χ3n) is 4.25. The lowest BCUT2D eigenvalue weighted by Crippen LogP contribution is -2.40. The van der Waals surface area contributed by atoms with E-state index in [0.717, 1.165) is 18.2 Å². The smallest absolute Gasteiger partial charge is 0.375 e. The second kappa shape index (κ2) is 8.22. The topological polar surface area (TPSA) is 98.1 Å². The normalized spacial score (nSPS) is 13.4. The minimum absolute atomic E-state index is 0.0139. The van der Waals surface area contributed by atoms with Gasteiger partial charge in [-0.15, -0.1) is 0 Å². The summed E-state index contributed by atoms with van der Waals surface area (Å²) in [5, 5.41) is 3.55. The first-order valence-electron chi connectivity index (χ1n) is 8.69. The Balaban J connectivity index is 1.59. The van der Waals surface area contributed by atoms with Crippen molar-refractivity contribution in [2.75, 3.05) is 27.3 Å². The maximum Gasteiger partial charge on any atom is 0.375 e. The number of hydrogen-bond donors (Lipinski definition) is 1. The van der Waals surface area contributed by atoms with Crippen LogP contribution in [-0.4, -0.2) is 56.0 Å². The van der Waals surface area contributed by atoms with Crippen LogP contribution in [0.5, 0.6) is 0 Å². The number of furan rings is 1. The summed E-state index contributed by atoms with van der Waals surface area (Å²) in [5.74, 6) is -1.43. The Hall–Kier alpha value is -2.87. The Kier molecular flexibility index (Phi) is 5.75. The van der Waals surface area contributed by atoms with Crippen molar-refractivity contribution in [2.45, 2.75) is 25.5 Å². The molecule has 0 bridgehead atoms. The molecule has 0 aliphatic heterocycles. The van der Waals surface area contributed by atoms with Crippen LogP contribution in [0.15, 0.2) is 28.7 Å². The Bertz CT molecular complexity index is 855. The molecule has 2 aromatic rings. The molecule has 1 saturated carbocycles. The third-order valence-corrected chi connectivity index (χ3v) is 4.25. The Morgan fingerprint density at radius 1 is 1.26 bits per heavy atom. The van der Waals surface area contributed by atoms with Gasteiger partial charge in [0, 0.05) is 31.1 Å². The van der Waals surface area contributed by atoms with E-state index >= 15 is 0 Å². The molecule has 1 heterocycles. The number of likely N-dealkylation sites (N-methyl/N-ethyl adjacent to an activating group) is 1. The molecule has 0 spiro atoms. The first-order valence-corrected chi connectivity index (χ1v) is 8.69. The molecule has 0 radical (unpaired) electrons. The number of carbonyl (C=O) groups excluding carboxylic acids is 3. The Morgan fingerprint density at radius 3 is 2.70 bits per heavy atom. The van der Waals surface area contributed by atoms with Gasteiger partial charge in [0.05, 0.1) is 13.2 Å². The van der Waals surface area contributed by atoms with E-state index in [4.69, 9.17) is 13.9 Å². The maximum absolute atomic E-state index is 12.4. The van der Waals surface area contributed by atoms with Crippen molar-refractivity contribution in [3.8, 4) is 0 Å². The fourth-order valence-electron chi connectivity index (χ4n) is 2.66. The van der Waals surface area contributed by atoms with E-state index in [-0.39, 0.29) is 30.9 Å². The van der Waals surface area contributed by atoms with Crippen molar-refractivity contribution in [3.05, 3.63) is 35.6 Å². The van der Waals surface area contributed by atoms with E-state index in [0.29, 0.717) is 11.1 Å². The highest BCUT2D eigenvalue weighted by Crippen LogP contribution is 2.27. The predicted molar refractivity (Wildman–Crippen MR) is 96.0 cm³/mol. The Morgan fingerprint density at radius 2 is 2.00 bits per heavy atom. The van der Waals surface area contributed by atoms with E-state index in [2.05, 4.69) is 5.32 Å². The summed E-state index contributed by atoms with van der Waals surface area (Å²) in [6.07, 6.45) is 1.95. The molecule has 144 valence electrons. The SMILES string of the molecule is COCc1c(C(=O)OCC(=O)N(C)CC(=O)NC2CC2)oc2ccccc12. The van der Waals surface area contributed by atoms with Gasteiger partial charge in [-0.25, -0.2) is 4.79 Å². The van der Waals surface area contributed by atoms with Crippen molar-refractivity contribution >= 4 is 28.8 Å². The summed E-state index contributed by atoms with van der Waals surface area (Å²) in [6.45, 7) is -0.376. The molecule has 0 unspecified atom stereocenters. The molecular formula is C19H22N2O6. The van der Waals surface area contributed by atoms with Gasteiger partial charge in [0.25, 0.3) is 5.91 Å². The lowest BCUT2D eigenvalue weighted by atomic mass is 10.1. The van der Waals surface area contributed by atoms with Gasteiger partial charge in [-0.1, -0.05) is 18.2 Å². The van der Waals surface area contributed by atoms with Gasteiger partial charge in [-0.2, -0.15) is 0 Å². The van der Waals surface area contributed by atoms with Crippen LogP contribution >= 0.6 is 0 Å². The fraction of sp³-hybridized carbons (Fsp3) is 0.421. The third kappa shape index (κ3) is 4.65. The summed E-state index contributed by atoms with van der Waals surface area (Å²) < 4.78 is 15.8. The number of benzene rings is 1. The molecule has 8 nitrogen and oxygen atoms in total. The first kappa shape index (κ1) is 18.9. The number of methoxy groups -OCH3 is 1. The number of rotatable bonds is 8. The molecule has 1 aromatic heterocycles.